The first-order valence-electron chi connectivity index (χ1n) is 8.48. The number of hydrogen-bond donors (Lipinski definition) is 1. The number of nitrogens with one attached hydrogen (secondary N) is 1. The number of benzene rings is 1. The van der Waals surface area contributed by atoms with Crippen molar-refractivity contribution >= 4 is 40.9 Å². The number of carbonyl (C=O) groups excluding carboxylic acids is 2. The molecule has 0 aromatic heterocycles. The molecule has 1 aromatic carbocycles. The van der Waals surface area contributed by atoms with E-state index in [2.05, 4.69) is 5.32 Å². The van der Waals surface area contributed by atoms with E-state index < -0.39 is 11.1 Å². The van der Waals surface area contributed by atoms with E-state index in [1.165, 1.54) is 17.8 Å². The van der Waals surface area contributed by atoms with E-state index in [4.69, 9.17) is 16.3 Å². The van der Waals surface area contributed by atoms with E-state index in [1.807, 2.05) is 20.8 Å². The fourth-order valence-electron chi connectivity index (χ4n) is 1.95. The van der Waals surface area contributed by atoms with Gasteiger partial charge in [-0.15, -0.1) is 11.8 Å². The first-order chi connectivity index (χ1) is 11.8. The van der Waals surface area contributed by atoms with Gasteiger partial charge in [-0.3, -0.25) is 9.59 Å². The quantitative estimate of drug-likeness (QED) is 0.452. The molecule has 7 heteroatoms. The summed E-state index contributed by atoms with van der Waals surface area (Å²) in [4.78, 5) is 24.4. The average Bonchev–Trinajstić information content (AvgIpc) is 2.57. The lowest BCUT2D eigenvalue weighted by Gasteiger charge is -2.19. The first-order valence-corrected chi connectivity index (χ1v) is 9.74. The molecule has 0 aliphatic rings. The van der Waals surface area contributed by atoms with Gasteiger partial charge in [0.15, 0.2) is 0 Å². The lowest BCUT2D eigenvalue weighted by atomic mass is 10.2. The van der Waals surface area contributed by atoms with Crippen molar-refractivity contribution in [2.45, 2.75) is 69.6 Å². The summed E-state index contributed by atoms with van der Waals surface area (Å²) in [5, 5.41) is 2.27. The molecule has 0 heterocycles. The summed E-state index contributed by atoms with van der Waals surface area (Å²) in [5.74, 6) is -1.20. The second kappa shape index (κ2) is 10.7. The van der Waals surface area contributed by atoms with Crippen LogP contribution in [0, 0.1) is 5.82 Å². The third-order valence-corrected chi connectivity index (χ3v) is 5.32. The molecule has 0 aliphatic carbocycles. The average molecular weight is 390 g/mol. The molecule has 0 spiro atoms. The summed E-state index contributed by atoms with van der Waals surface area (Å²) in [5.41, 5.74) is 0.0595. The summed E-state index contributed by atoms with van der Waals surface area (Å²) in [6.45, 7) is 7.44. The van der Waals surface area contributed by atoms with Gasteiger partial charge in [0.25, 0.3) is 0 Å². The van der Waals surface area contributed by atoms with Crippen molar-refractivity contribution in [2.24, 2.45) is 0 Å². The van der Waals surface area contributed by atoms with Crippen LogP contribution in [0.5, 0.6) is 0 Å². The minimum absolute atomic E-state index is 0.0595. The number of rotatable bonds is 9. The van der Waals surface area contributed by atoms with Crippen molar-refractivity contribution in [3.63, 3.8) is 0 Å². The van der Waals surface area contributed by atoms with E-state index in [0.717, 1.165) is 18.9 Å². The van der Waals surface area contributed by atoms with Gasteiger partial charge < -0.3 is 10.1 Å². The first kappa shape index (κ1) is 21.8. The van der Waals surface area contributed by atoms with Gasteiger partial charge in [-0.2, -0.15) is 0 Å². The highest BCUT2D eigenvalue weighted by Gasteiger charge is 2.24. The van der Waals surface area contributed by atoms with E-state index in [-0.39, 0.29) is 35.1 Å². The van der Waals surface area contributed by atoms with E-state index in [1.54, 1.807) is 6.92 Å². The van der Waals surface area contributed by atoms with Crippen LogP contribution in [0.4, 0.5) is 10.1 Å². The summed E-state index contributed by atoms with van der Waals surface area (Å²) in [6.07, 6.45) is 2.23. The van der Waals surface area contributed by atoms with Gasteiger partial charge in [-0.05, 0) is 31.9 Å². The van der Waals surface area contributed by atoms with Crippen LogP contribution in [0.15, 0.2) is 17.0 Å². The highest BCUT2D eigenvalue weighted by Crippen LogP contribution is 2.36. The molecule has 0 saturated carbocycles. The zero-order valence-corrected chi connectivity index (χ0v) is 16.6. The van der Waals surface area contributed by atoms with Gasteiger partial charge in [0, 0.05) is 11.3 Å². The number of carbonyl (C=O) groups is 2. The zero-order valence-electron chi connectivity index (χ0n) is 15.0. The molecular formula is C18H25ClFNO3S. The van der Waals surface area contributed by atoms with Gasteiger partial charge >= 0.3 is 5.97 Å². The van der Waals surface area contributed by atoms with Crippen molar-refractivity contribution in [3.8, 4) is 0 Å². The number of thioether (sulfide) groups is 1. The van der Waals surface area contributed by atoms with Crippen molar-refractivity contribution < 1.29 is 18.7 Å². The van der Waals surface area contributed by atoms with Crippen LogP contribution in [0.1, 0.15) is 53.4 Å². The second-order valence-corrected chi connectivity index (χ2v) is 7.37. The van der Waals surface area contributed by atoms with Gasteiger partial charge in [-0.1, -0.05) is 38.8 Å². The Hall–Kier alpha value is -1.27. The molecule has 1 aromatic rings. The van der Waals surface area contributed by atoms with Crippen LogP contribution in [0.2, 0.25) is 5.02 Å². The molecular weight excluding hydrogens is 365 g/mol. The van der Waals surface area contributed by atoms with Crippen molar-refractivity contribution in [2.75, 3.05) is 5.32 Å². The molecule has 2 unspecified atom stereocenters. The fourth-order valence-corrected chi connectivity index (χ4v) is 3.40. The van der Waals surface area contributed by atoms with Crippen LogP contribution in [-0.2, 0) is 14.3 Å². The number of ether oxygens (including phenoxy) is 1. The maximum atomic E-state index is 14.0. The number of esters is 1. The molecule has 2 atom stereocenters. The van der Waals surface area contributed by atoms with Crippen LogP contribution < -0.4 is 5.32 Å². The predicted octanol–water partition coefficient (Wildman–Crippen LogP) is 5.43. The Morgan fingerprint density at radius 2 is 2.00 bits per heavy atom. The Balaban J connectivity index is 3.01. The van der Waals surface area contributed by atoms with Gasteiger partial charge in [0.1, 0.15) is 11.1 Å². The Morgan fingerprint density at radius 1 is 1.32 bits per heavy atom. The topological polar surface area (TPSA) is 55.4 Å². The molecule has 0 fully saturated rings. The minimum Gasteiger partial charge on any atom is -0.462 e. The van der Waals surface area contributed by atoms with Crippen LogP contribution >= 0.6 is 23.4 Å². The molecule has 0 radical (unpaired) electrons. The maximum absolute atomic E-state index is 14.0. The molecule has 1 rings (SSSR count). The Morgan fingerprint density at radius 3 is 2.56 bits per heavy atom. The molecule has 25 heavy (non-hydrogen) atoms. The number of anilines is 1. The summed E-state index contributed by atoms with van der Waals surface area (Å²) in [7, 11) is 0. The van der Waals surface area contributed by atoms with E-state index >= 15 is 0 Å². The summed E-state index contributed by atoms with van der Waals surface area (Å²) in [6, 6.07) is 2.62. The lowest BCUT2D eigenvalue weighted by molar-refractivity contribution is -0.147. The normalized spacial score (nSPS) is 13.2. The van der Waals surface area contributed by atoms with E-state index in [0.29, 0.717) is 11.3 Å². The van der Waals surface area contributed by atoms with Crippen LogP contribution in [0.3, 0.4) is 0 Å². The van der Waals surface area contributed by atoms with E-state index in [9.17, 15) is 14.0 Å². The van der Waals surface area contributed by atoms with Gasteiger partial charge in [0.2, 0.25) is 5.91 Å². The molecule has 0 aliphatic heterocycles. The Bertz CT molecular complexity index is 612. The lowest BCUT2D eigenvalue weighted by Crippen LogP contribution is -2.24. The third-order valence-electron chi connectivity index (χ3n) is 3.59. The smallest absolute Gasteiger partial charge is 0.319 e. The predicted molar refractivity (Wildman–Crippen MR) is 101 cm³/mol. The number of amides is 1. The third kappa shape index (κ3) is 6.86. The summed E-state index contributed by atoms with van der Waals surface area (Å²) < 4.78 is 19.4. The van der Waals surface area contributed by atoms with Gasteiger partial charge in [0.05, 0.1) is 16.8 Å². The highest BCUT2D eigenvalue weighted by atomic mass is 35.5. The monoisotopic (exact) mass is 389 g/mol. The Labute approximate surface area is 157 Å². The Kier molecular flexibility index (Phi) is 9.28. The maximum Gasteiger partial charge on any atom is 0.319 e. The van der Waals surface area contributed by atoms with Gasteiger partial charge in [-0.25, -0.2) is 4.39 Å². The van der Waals surface area contributed by atoms with Crippen LogP contribution in [-0.4, -0.2) is 23.2 Å². The molecule has 0 saturated heterocycles. The number of hydrogen-bond acceptors (Lipinski definition) is 4. The fraction of sp³-hybridized carbons (Fsp3) is 0.556. The SMILES string of the molecule is CCCC(Sc1cc(NC(=O)CC)c(F)cc1Cl)C(=O)OC(C)CC. The van der Waals surface area contributed by atoms with Crippen molar-refractivity contribution in [3.05, 3.63) is 23.0 Å². The molecule has 1 N–H and O–H groups in total. The highest BCUT2D eigenvalue weighted by molar-refractivity contribution is 8.00. The molecule has 1 amide bonds. The van der Waals surface area contributed by atoms with Crippen LogP contribution in [0.25, 0.3) is 0 Å². The largest absolute Gasteiger partial charge is 0.462 e. The standard InChI is InChI=1S/C18H25ClFNO3S/c1-5-8-15(18(23)24-11(4)6-2)25-16-10-14(21-17(22)7-3)13(20)9-12(16)19/h9-11,15H,5-8H2,1-4H3,(H,21,22). The second-order valence-electron chi connectivity index (χ2n) is 5.72. The summed E-state index contributed by atoms with van der Waals surface area (Å²) >= 11 is 7.36. The zero-order chi connectivity index (χ0) is 19.0. The van der Waals surface area contributed by atoms with Crippen molar-refractivity contribution in [1.82, 2.24) is 0 Å². The minimum atomic E-state index is -0.606. The number of halogens is 2. The molecule has 4 nitrogen and oxygen atoms in total. The molecule has 140 valence electrons. The van der Waals surface area contributed by atoms with Crippen molar-refractivity contribution in [1.29, 1.82) is 0 Å². The molecule has 0 bridgehead atoms.